The standard InChI is InChI=1S/C16H22ClN3/c1-12-16(13-3-5-14(17)6-4-13)11-20(18-12)15-7-9-19(2)10-8-15/h3-6,15,18H,7-11H2,1-2H3. The zero-order valence-electron chi connectivity index (χ0n) is 12.2. The second-order valence-corrected chi connectivity index (χ2v) is 6.32. The van der Waals surface area contributed by atoms with Gasteiger partial charge in [-0.2, -0.15) is 0 Å². The monoisotopic (exact) mass is 291 g/mol. The predicted molar refractivity (Wildman–Crippen MR) is 84.4 cm³/mol. The fraction of sp³-hybridized carbons (Fsp3) is 0.500. The lowest BCUT2D eigenvalue weighted by atomic mass is 10.0. The van der Waals surface area contributed by atoms with Crippen LogP contribution in [0, 0.1) is 0 Å². The Morgan fingerprint density at radius 3 is 2.45 bits per heavy atom. The molecule has 0 unspecified atom stereocenters. The van der Waals surface area contributed by atoms with E-state index < -0.39 is 0 Å². The van der Waals surface area contributed by atoms with Gasteiger partial charge in [0.2, 0.25) is 0 Å². The Labute approximate surface area is 126 Å². The van der Waals surface area contributed by atoms with Crippen molar-refractivity contribution in [2.24, 2.45) is 0 Å². The molecule has 0 atom stereocenters. The number of piperidine rings is 1. The minimum absolute atomic E-state index is 0.644. The molecule has 0 aliphatic carbocycles. The number of hydrogen-bond acceptors (Lipinski definition) is 3. The molecule has 0 aromatic heterocycles. The van der Waals surface area contributed by atoms with Gasteiger partial charge in [0.25, 0.3) is 0 Å². The average molecular weight is 292 g/mol. The van der Waals surface area contributed by atoms with E-state index in [0.29, 0.717) is 6.04 Å². The van der Waals surface area contributed by atoms with E-state index >= 15 is 0 Å². The van der Waals surface area contributed by atoms with Gasteiger partial charge in [-0.05, 0) is 63.2 Å². The van der Waals surface area contributed by atoms with Crippen molar-refractivity contribution in [3.63, 3.8) is 0 Å². The van der Waals surface area contributed by atoms with Crippen LogP contribution in [-0.4, -0.2) is 42.6 Å². The summed E-state index contributed by atoms with van der Waals surface area (Å²) in [5.41, 5.74) is 7.50. The molecule has 1 aromatic rings. The van der Waals surface area contributed by atoms with Crippen molar-refractivity contribution in [1.82, 2.24) is 15.3 Å². The molecule has 0 bridgehead atoms. The molecule has 108 valence electrons. The topological polar surface area (TPSA) is 18.5 Å². The van der Waals surface area contributed by atoms with Crippen molar-refractivity contribution in [1.29, 1.82) is 0 Å². The van der Waals surface area contributed by atoms with E-state index in [1.54, 1.807) is 0 Å². The number of nitrogens with zero attached hydrogens (tertiary/aromatic N) is 2. The van der Waals surface area contributed by atoms with Gasteiger partial charge in [-0.15, -0.1) is 0 Å². The van der Waals surface area contributed by atoms with E-state index in [1.165, 1.54) is 42.8 Å². The predicted octanol–water partition coefficient (Wildman–Crippen LogP) is 2.99. The lowest BCUT2D eigenvalue weighted by Gasteiger charge is -2.35. The van der Waals surface area contributed by atoms with Crippen LogP contribution >= 0.6 is 11.6 Å². The van der Waals surface area contributed by atoms with Crippen LogP contribution in [0.5, 0.6) is 0 Å². The Hall–Kier alpha value is -1.03. The first-order valence-electron chi connectivity index (χ1n) is 7.31. The van der Waals surface area contributed by atoms with Crippen LogP contribution in [0.15, 0.2) is 30.0 Å². The van der Waals surface area contributed by atoms with Gasteiger partial charge in [-0.25, -0.2) is 5.01 Å². The minimum atomic E-state index is 0.644. The maximum Gasteiger partial charge on any atom is 0.0455 e. The van der Waals surface area contributed by atoms with Gasteiger partial charge in [0.15, 0.2) is 0 Å². The highest BCUT2D eigenvalue weighted by Crippen LogP contribution is 2.28. The summed E-state index contributed by atoms with van der Waals surface area (Å²) < 4.78 is 0. The highest BCUT2D eigenvalue weighted by Gasteiger charge is 2.28. The van der Waals surface area contributed by atoms with E-state index in [2.05, 4.69) is 41.4 Å². The molecule has 1 saturated heterocycles. The van der Waals surface area contributed by atoms with Crippen molar-refractivity contribution in [2.45, 2.75) is 25.8 Å². The molecule has 2 heterocycles. The third-order valence-electron chi connectivity index (χ3n) is 4.41. The normalized spacial score (nSPS) is 22.4. The number of hydrazine groups is 1. The van der Waals surface area contributed by atoms with Crippen LogP contribution in [0.1, 0.15) is 25.3 Å². The maximum absolute atomic E-state index is 5.97. The van der Waals surface area contributed by atoms with Crippen LogP contribution in [0.2, 0.25) is 5.02 Å². The van der Waals surface area contributed by atoms with Gasteiger partial charge < -0.3 is 10.3 Å². The number of likely N-dealkylation sites (tertiary alicyclic amines) is 1. The molecule has 0 spiro atoms. The van der Waals surface area contributed by atoms with E-state index in [-0.39, 0.29) is 0 Å². The molecular weight excluding hydrogens is 270 g/mol. The number of allylic oxidation sites excluding steroid dienone is 1. The molecule has 1 fully saturated rings. The summed E-state index contributed by atoms with van der Waals surface area (Å²) in [7, 11) is 2.20. The molecule has 20 heavy (non-hydrogen) atoms. The first kappa shape index (κ1) is 13.9. The van der Waals surface area contributed by atoms with Crippen molar-refractivity contribution in [3.8, 4) is 0 Å². The third-order valence-corrected chi connectivity index (χ3v) is 4.67. The largest absolute Gasteiger partial charge is 0.322 e. The Kier molecular flexibility index (Phi) is 4.01. The van der Waals surface area contributed by atoms with Gasteiger partial charge in [-0.3, -0.25) is 0 Å². The molecule has 0 radical (unpaired) electrons. The molecule has 2 aliphatic rings. The molecule has 2 aliphatic heterocycles. The third kappa shape index (κ3) is 2.85. The van der Waals surface area contributed by atoms with Crippen LogP contribution in [-0.2, 0) is 0 Å². The fourth-order valence-electron chi connectivity index (χ4n) is 3.10. The van der Waals surface area contributed by atoms with Gasteiger partial charge >= 0.3 is 0 Å². The summed E-state index contributed by atoms with van der Waals surface area (Å²) in [5, 5.41) is 3.21. The zero-order chi connectivity index (χ0) is 14.1. The lowest BCUT2D eigenvalue weighted by Crippen LogP contribution is -2.47. The zero-order valence-corrected chi connectivity index (χ0v) is 13.0. The smallest absolute Gasteiger partial charge is 0.0455 e. The van der Waals surface area contributed by atoms with Crippen LogP contribution in [0.25, 0.3) is 5.57 Å². The van der Waals surface area contributed by atoms with Crippen LogP contribution in [0.3, 0.4) is 0 Å². The average Bonchev–Trinajstić information content (AvgIpc) is 2.82. The van der Waals surface area contributed by atoms with Crippen molar-refractivity contribution in [3.05, 3.63) is 40.5 Å². The Morgan fingerprint density at radius 1 is 1.15 bits per heavy atom. The van der Waals surface area contributed by atoms with Crippen molar-refractivity contribution in [2.75, 3.05) is 26.7 Å². The summed E-state index contributed by atoms with van der Waals surface area (Å²) in [5.74, 6) is 0. The minimum Gasteiger partial charge on any atom is -0.322 e. The molecule has 3 rings (SSSR count). The summed E-state index contributed by atoms with van der Waals surface area (Å²) >= 11 is 5.97. The van der Waals surface area contributed by atoms with E-state index in [0.717, 1.165) is 11.6 Å². The van der Waals surface area contributed by atoms with Gasteiger partial charge in [0.1, 0.15) is 0 Å². The van der Waals surface area contributed by atoms with E-state index in [1.807, 2.05) is 12.1 Å². The SMILES string of the molecule is CC1=C(c2ccc(Cl)cc2)CN(C2CCN(C)CC2)N1. The fourth-order valence-corrected chi connectivity index (χ4v) is 3.22. The van der Waals surface area contributed by atoms with Crippen molar-refractivity contribution >= 4 is 17.2 Å². The quantitative estimate of drug-likeness (QED) is 0.904. The summed E-state index contributed by atoms with van der Waals surface area (Å²) in [6.45, 7) is 5.54. The first-order valence-corrected chi connectivity index (χ1v) is 7.69. The Morgan fingerprint density at radius 2 is 1.80 bits per heavy atom. The van der Waals surface area contributed by atoms with Gasteiger partial charge in [-0.1, -0.05) is 23.7 Å². The molecule has 0 amide bonds. The summed E-state index contributed by atoms with van der Waals surface area (Å²) in [6.07, 6.45) is 2.48. The number of hydrogen-bond donors (Lipinski definition) is 1. The van der Waals surface area contributed by atoms with E-state index in [4.69, 9.17) is 11.6 Å². The summed E-state index contributed by atoms with van der Waals surface area (Å²) in [6, 6.07) is 8.80. The highest BCUT2D eigenvalue weighted by atomic mass is 35.5. The highest BCUT2D eigenvalue weighted by molar-refractivity contribution is 6.30. The van der Waals surface area contributed by atoms with Crippen molar-refractivity contribution < 1.29 is 0 Å². The van der Waals surface area contributed by atoms with Crippen LogP contribution < -0.4 is 5.43 Å². The number of nitrogens with one attached hydrogen (secondary N) is 1. The van der Waals surface area contributed by atoms with Gasteiger partial charge in [0.05, 0.1) is 0 Å². The maximum atomic E-state index is 5.97. The molecule has 3 nitrogen and oxygen atoms in total. The number of rotatable bonds is 2. The van der Waals surface area contributed by atoms with E-state index in [9.17, 15) is 0 Å². The second kappa shape index (κ2) is 5.76. The molecule has 1 N–H and O–H groups in total. The van der Waals surface area contributed by atoms with Gasteiger partial charge in [0, 0.05) is 23.3 Å². The Balaban J connectivity index is 1.69. The number of benzene rings is 1. The number of halogens is 1. The Bertz CT molecular complexity index is 501. The molecule has 1 aromatic carbocycles. The molecule has 4 heteroatoms. The second-order valence-electron chi connectivity index (χ2n) is 5.88. The first-order chi connectivity index (χ1) is 9.63. The summed E-state index contributed by atoms with van der Waals surface area (Å²) in [4.78, 5) is 2.41. The lowest BCUT2D eigenvalue weighted by molar-refractivity contribution is 0.110. The molecule has 0 saturated carbocycles. The molecular formula is C16H22ClN3. The van der Waals surface area contributed by atoms with Crippen LogP contribution in [0.4, 0.5) is 0 Å².